The summed E-state index contributed by atoms with van der Waals surface area (Å²) in [6.07, 6.45) is 0. The molecule has 0 bridgehead atoms. The maximum atomic E-state index is 12.2. The van der Waals surface area contributed by atoms with E-state index in [1.54, 1.807) is 13.2 Å². The molecule has 0 spiro atoms. The monoisotopic (exact) mass is 317 g/mol. The van der Waals surface area contributed by atoms with Gasteiger partial charge in [-0.05, 0) is 12.1 Å². The Balaban J connectivity index is 2.68. The highest BCUT2D eigenvalue weighted by molar-refractivity contribution is 7.89. The van der Waals surface area contributed by atoms with E-state index in [2.05, 4.69) is 9.46 Å². The second kappa shape index (κ2) is 8.73. The van der Waals surface area contributed by atoms with Gasteiger partial charge in [0, 0.05) is 13.7 Å². The first-order chi connectivity index (χ1) is 10.0. The normalized spacial score (nSPS) is 11.3. The van der Waals surface area contributed by atoms with Crippen molar-refractivity contribution in [2.24, 2.45) is 0 Å². The van der Waals surface area contributed by atoms with Gasteiger partial charge in [0.15, 0.2) is 0 Å². The molecule has 0 unspecified atom stereocenters. The van der Waals surface area contributed by atoms with E-state index >= 15 is 0 Å². The molecule has 0 radical (unpaired) electrons. The van der Waals surface area contributed by atoms with E-state index < -0.39 is 16.0 Å². The zero-order chi connectivity index (χ0) is 15.7. The SMILES string of the molecule is COCCOCCNS(=O)(=O)c1ccccc1C(=O)OC. The second-order valence-electron chi connectivity index (χ2n) is 3.99. The lowest BCUT2D eigenvalue weighted by Gasteiger charge is -2.10. The molecule has 0 fully saturated rings. The molecule has 21 heavy (non-hydrogen) atoms. The molecule has 0 aliphatic carbocycles. The number of sulfonamides is 1. The molecule has 0 amide bonds. The predicted molar refractivity (Wildman–Crippen MR) is 75.7 cm³/mol. The summed E-state index contributed by atoms with van der Waals surface area (Å²) in [6, 6.07) is 5.85. The van der Waals surface area contributed by atoms with E-state index in [4.69, 9.17) is 9.47 Å². The maximum absolute atomic E-state index is 12.2. The molecule has 0 heterocycles. The molecule has 1 N–H and O–H groups in total. The van der Waals surface area contributed by atoms with Gasteiger partial charge in [0.25, 0.3) is 0 Å². The van der Waals surface area contributed by atoms with E-state index in [0.717, 1.165) is 0 Å². The minimum absolute atomic E-state index is 0.00667. The molecule has 0 aliphatic heterocycles. The Kier molecular flexibility index (Phi) is 7.30. The fourth-order valence-corrected chi connectivity index (χ4v) is 2.76. The number of hydrogen-bond donors (Lipinski definition) is 1. The molecule has 0 atom stereocenters. The van der Waals surface area contributed by atoms with Crippen LogP contribution in [0.3, 0.4) is 0 Å². The van der Waals surface area contributed by atoms with Crippen LogP contribution in [-0.4, -0.2) is 55.0 Å². The average Bonchev–Trinajstić information content (AvgIpc) is 2.50. The van der Waals surface area contributed by atoms with Crippen molar-refractivity contribution in [3.05, 3.63) is 29.8 Å². The summed E-state index contributed by atoms with van der Waals surface area (Å²) < 4.78 is 41.2. The minimum Gasteiger partial charge on any atom is -0.465 e. The van der Waals surface area contributed by atoms with Crippen molar-refractivity contribution in [2.75, 3.05) is 40.6 Å². The fraction of sp³-hybridized carbons (Fsp3) is 0.462. The Labute approximate surface area is 124 Å². The molecular formula is C13H19NO6S. The Morgan fingerprint density at radius 3 is 2.52 bits per heavy atom. The maximum Gasteiger partial charge on any atom is 0.339 e. The fourth-order valence-electron chi connectivity index (χ4n) is 1.55. The lowest BCUT2D eigenvalue weighted by atomic mass is 10.2. The van der Waals surface area contributed by atoms with Crippen LogP contribution < -0.4 is 4.72 Å². The van der Waals surface area contributed by atoms with Gasteiger partial charge in [0.1, 0.15) is 0 Å². The summed E-state index contributed by atoms with van der Waals surface area (Å²) in [4.78, 5) is 11.5. The van der Waals surface area contributed by atoms with Gasteiger partial charge in [0.05, 0.1) is 37.4 Å². The number of esters is 1. The molecule has 0 aromatic heterocycles. The zero-order valence-corrected chi connectivity index (χ0v) is 12.8. The van der Waals surface area contributed by atoms with Crippen molar-refractivity contribution in [1.29, 1.82) is 0 Å². The summed E-state index contributed by atoms with van der Waals surface area (Å²) >= 11 is 0. The van der Waals surface area contributed by atoms with Crippen LogP contribution in [0, 0.1) is 0 Å². The zero-order valence-electron chi connectivity index (χ0n) is 12.0. The second-order valence-corrected chi connectivity index (χ2v) is 5.73. The summed E-state index contributed by atoms with van der Waals surface area (Å²) in [5, 5.41) is 0. The highest BCUT2D eigenvalue weighted by Gasteiger charge is 2.21. The van der Waals surface area contributed by atoms with Gasteiger partial charge in [-0.3, -0.25) is 0 Å². The van der Waals surface area contributed by atoms with E-state index in [-0.39, 0.29) is 23.6 Å². The predicted octanol–water partition coefficient (Wildman–Crippen LogP) is 0.415. The third-order valence-electron chi connectivity index (χ3n) is 2.55. The summed E-state index contributed by atoms with van der Waals surface area (Å²) in [5.74, 6) is -0.702. The molecule has 1 aromatic carbocycles. The van der Waals surface area contributed by atoms with Gasteiger partial charge in [-0.1, -0.05) is 12.1 Å². The van der Waals surface area contributed by atoms with Gasteiger partial charge in [-0.2, -0.15) is 0 Å². The minimum atomic E-state index is -3.80. The summed E-state index contributed by atoms with van der Waals surface area (Å²) in [6.45, 7) is 1.14. The number of benzene rings is 1. The highest BCUT2D eigenvalue weighted by Crippen LogP contribution is 2.15. The van der Waals surface area contributed by atoms with Crippen LogP contribution in [0.15, 0.2) is 29.2 Å². The van der Waals surface area contributed by atoms with Crippen molar-refractivity contribution in [2.45, 2.75) is 4.90 Å². The van der Waals surface area contributed by atoms with Crippen LogP contribution in [-0.2, 0) is 24.2 Å². The van der Waals surface area contributed by atoms with Crippen molar-refractivity contribution in [3.8, 4) is 0 Å². The Bertz CT molecular complexity index is 558. The average molecular weight is 317 g/mol. The van der Waals surface area contributed by atoms with E-state index in [1.165, 1.54) is 25.3 Å². The third-order valence-corrected chi connectivity index (χ3v) is 4.07. The molecule has 1 aromatic rings. The molecule has 7 nitrogen and oxygen atoms in total. The van der Waals surface area contributed by atoms with E-state index in [9.17, 15) is 13.2 Å². The van der Waals surface area contributed by atoms with Gasteiger partial charge < -0.3 is 14.2 Å². The van der Waals surface area contributed by atoms with Gasteiger partial charge in [-0.25, -0.2) is 17.9 Å². The molecule has 0 aliphatic rings. The van der Waals surface area contributed by atoms with Crippen molar-refractivity contribution in [1.82, 2.24) is 4.72 Å². The Morgan fingerprint density at radius 1 is 1.14 bits per heavy atom. The number of hydrogen-bond acceptors (Lipinski definition) is 6. The van der Waals surface area contributed by atoms with Crippen LogP contribution in [0.4, 0.5) is 0 Å². The first-order valence-corrected chi connectivity index (χ1v) is 7.75. The number of rotatable bonds is 9. The van der Waals surface area contributed by atoms with Crippen LogP contribution in [0.5, 0.6) is 0 Å². The smallest absolute Gasteiger partial charge is 0.339 e. The van der Waals surface area contributed by atoms with Gasteiger partial charge >= 0.3 is 5.97 Å². The van der Waals surface area contributed by atoms with Crippen LogP contribution >= 0.6 is 0 Å². The summed E-state index contributed by atoms with van der Waals surface area (Å²) in [5.41, 5.74) is -0.00667. The first-order valence-electron chi connectivity index (χ1n) is 6.26. The van der Waals surface area contributed by atoms with Crippen LogP contribution in [0.1, 0.15) is 10.4 Å². The highest BCUT2D eigenvalue weighted by atomic mass is 32.2. The van der Waals surface area contributed by atoms with Crippen molar-refractivity contribution in [3.63, 3.8) is 0 Å². The van der Waals surface area contributed by atoms with Crippen LogP contribution in [0.25, 0.3) is 0 Å². The lowest BCUT2D eigenvalue weighted by Crippen LogP contribution is -2.29. The number of carbonyl (C=O) groups is 1. The molecule has 118 valence electrons. The first kappa shape index (κ1) is 17.6. The number of carbonyl (C=O) groups excluding carboxylic acids is 1. The number of methoxy groups -OCH3 is 2. The molecule has 0 saturated carbocycles. The molecule has 1 rings (SSSR count). The summed E-state index contributed by atoms with van der Waals surface area (Å²) in [7, 11) is -1.05. The number of ether oxygens (including phenoxy) is 3. The van der Waals surface area contributed by atoms with Crippen LogP contribution in [0.2, 0.25) is 0 Å². The lowest BCUT2D eigenvalue weighted by molar-refractivity contribution is 0.0596. The van der Waals surface area contributed by atoms with Crippen molar-refractivity contribution < 1.29 is 27.4 Å². The van der Waals surface area contributed by atoms with Gasteiger partial charge in [0.2, 0.25) is 10.0 Å². The molecule has 8 heteroatoms. The largest absolute Gasteiger partial charge is 0.465 e. The van der Waals surface area contributed by atoms with Crippen molar-refractivity contribution >= 4 is 16.0 Å². The van der Waals surface area contributed by atoms with E-state index in [1.807, 2.05) is 0 Å². The third kappa shape index (κ3) is 5.43. The quantitative estimate of drug-likeness (QED) is 0.524. The topological polar surface area (TPSA) is 90.9 Å². The van der Waals surface area contributed by atoms with Gasteiger partial charge in [-0.15, -0.1) is 0 Å². The molecular weight excluding hydrogens is 298 g/mol. The Hall–Kier alpha value is -1.48. The van der Waals surface area contributed by atoms with E-state index in [0.29, 0.717) is 13.2 Å². The standard InChI is InChI=1S/C13H19NO6S/c1-18-9-10-20-8-7-14-21(16,17)12-6-4-3-5-11(12)13(15)19-2/h3-6,14H,7-10H2,1-2H3. The Morgan fingerprint density at radius 2 is 1.86 bits per heavy atom. The number of nitrogens with one attached hydrogen (secondary N) is 1. The molecule has 0 saturated heterocycles.